The molecule has 1 saturated heterocycles. The average molecular weight is 372 g/mol. The number of nitrogens with zero attached hydrogens (tertiary/aromatic N) is 1. The SMILES string of the molecule is COc1cccc(C=C2SC(=S)N(Nc3ccccc3)C2=O)c1OC. The molecule has 0 unspecified atom stereocenters. The monoisotopic (exact) mass is 372 g/mol. The zero-order valence-corrected chi connectivity index (χ0v) is 15.3. The normalized spacial score (nSPS) is 15.6. The minimum atomic E-state index is -0.205. The van der Waals surface area contributed by atoms with Crippen LogP contribution in [-0.4, -0.2) is 29.5 Å². The summed E-state index contributed by atoms with van der Waals surface area (Å²) in [5.41, 5.74) is 4.57. The van der Waals surface area contributed by atoms with Crippen LogP contribution in [0.4, 0.5) is 5.69 Å². The van der Waals surface area contributed by atoms with Crippen LogP contribution in [0.5, 0.6) is 11.5 Å². The Labute approximate surface area is 155 Å². The summed E-state index contributed by atoms with van der Waals surface area (Å²) in [4.78, 5) is 13.2. The van der Waals surface area contributed by atoms with Crippen molar-refractivity contribution in [3.8, 4) is 11.5 Å². The molecule has 1 N–H and O–H groups in total. The Balaban J connectivity index is 1.88. The number of para-hydroxylation sites is 2. The van der Waals surface area contributed by atoms with E-state index >= 15 is 0 Å². The second-order valence-corrected chi connectivity index (χ2v) is 6.75. The van der Waals surface area contributed by atoms with Gasteiger partial charge in [0, 0.05) is 5.56 Å². The summed E-state index contributed by atoms with van der Waals surface area (Å²) in [5, 5.41) is 1.37. The van der Waals surface area contributed by atoms with Crippen molar-refractivity contribution in [2.45, 2.75) is 0 Å². The van der Waals surface area contributed by atoms with Gasteiger partial charge >= 0.3 is 0 Å². The lowest BCUT2D eigenvalue weighted by atomic mass is 10.1. The number of nitrogens with one attached hydrogen (secondary N) is 1. The summed E-state index contributed by atoms with van der Waals surface area (Å²) in [6, 6.07) is 14.9. The number of carbonyl (C=O) groups excluding carboxylic acids is 1. The molecular weight excluding hydrogens is 356 g/mol. The highest BCUT2D eigenvalue weighted by atomic mass is 32.2. The Morgan fingerprint density at radius 1 is 1.08 bits per heavy atom. The van der Waals surface area contributed by atoms with Crippen LogP contribution in [0, 0.1) is 0 Å². The molecule has 0 spiro atoms. The van der Waals surface area contributed by atoms with Crippen LogP contribution in [0.2, 0.25) is 0 Å². The molecule has 2 aromatic rings. The summed E-state index contributed by atoms with van der Waals surface area (Å²) >= 11 is 6.57. The van der Waals surface area contributed by atoms with Crippen LogP contribution in [0.15, 0.2) is 53.4 Å². The fourth-order valence-electron chi connectivity index (χ4n) is 2.37. The number of ether oxygens (including phenoxy) is 2. The molecule has 0 atom stereocenters. The molecule has 1 heterocycles. The number of rotatable bonds is 5. The highest BCUT2D eigenvalue weighted by molar-refractivity contribution is 8.26. The number of hydrogen-bond acceptors (Lipinski definition) is 6. The first-order valence-corrected chi connectivity index (χ1v) is 8.67. The lowest BCUT2D eigenvalue weighted by Crippen LogP contribution is -2.33. The largest absolute Gasteiger partial charge is 0.493 e. The second kappa shape index (κ2) is 7.58. The smallest absolute Gasteiger partial charge is 0.285 e. The highest BCUT2D eigenvalue weighted by Gasteiger charge is 2.32. The van der Waals surface area contributed by atoms with E-state index in [2.05, 4.69) is 5.43 Å². The Hall–Kier alpha value is -2.51. The molecule has 1 aliphatic rings. The summed E-state index contributed by atoms with van der Waals surface area (Å²) in [5.74, 6) is 0.976. The molecule has 5 nitrogen and oxygen atoms in total. The van der Waals surface area contributed by atoms with Crippen LogP contribution >= 0.6 is 24.0 Å². The number of carbonyl (C=O) groups is 1. The number of benzene rings is 2. The van der Waals surface area contributed by atoms with Gasteiger partial charge in [-0.15, -0.1) is 0 Å². The van der Waals surface area contributed by atoms with Gasteiger partial charge in [0.1, 0.15) is 0 Å². The number of hydrogen-bond donors (Lipinski definition) is 1. The third-order valence-corrected chi connectivity index (χ3v) is 4.83. The number of thioether (sulfide) groups is 1. The van der Waals surface area contributed by atoms with E-state index in [4.69, 9.17) is 21.7 Å². The molecule has 3 rings (SSSR count). The van der Waals surface area contributed by atoms with Gasteiger partial charge < -0.3 is 9.47 Å². The summed E-state index contributed by atoms with van der Waals surface area (Å²) < 4.78 is 11.2. The molecule has 7 heteroatoms. The number of methoxy groups -OCH3 is 2. The van der Waals surface area contributed by atoms with E-state index in [1.54, 1.807) is 26.4 Å². The quantitative estimate of drug-likeness (QED) is 0.634. The standard InChI is InChI=1S/C18H16N2O3S2/c1-22-14-10-6-7-12(16(14)23-2)11-15-17(21)20(18(24)25-15)19-13-8-4-3-5-9-13/h3-11,19H,1-2H3. The van der Waals surface area contributed by atoms with Crippen molar-refractivity contribution >= 4 is 46.0 Å². The maximum Gasteiger partial charge on any atom is 0.285 e. The van der Waals surface area contributed by atoms with Gasteiger partial charge in [0.2, 0.25) is 0 Å². The maximum absolute atomic E-state index is 12.7. The summed E-state index contributed by atoms with van der Waals surface area (Å²) in [6.45, 7) is 0. The Bertz CT molecular complexity index is 837. The minimum absolute atomic E-state index is 0.205. The van der Waals surface area contributed by atoms with Gasteiger partial charge in [-0.3, -0.25) is 10.2 Å². The van der Waals surface area contributed by atoms with Gasteiger partial charge in [-0.05, 0) is 36.5 Å². The van der Waals surface area contributed by atoms with E-state index in [1.807, 2.05) is 42.5 Å². The van der Waals surface area contributed by atoms with E-state index in [-0.39, 0.29) is 5.91 Å². The molecule has 128 valence electrons. The van der Waals surface area contributed by atoms with Crippen molar-refractivity contribution in [1.29, 1.82) is 0 Å². The second-order valence-electron chi connectivity index (χ2n) is 5.08. The van der Waals surface area contributed by atoms with Crippen molar-refractivity contribution in [3.05, 3.63) is 59.0 Å². The molecule has 0 radical (unpaired) electrons. The third kappa shape index (κ3) is 3.62. The number of anilines is 1. The van der Waals surface area contributed by atoms with Gasteiger partial charge in [0.05, 0.1) is 24.8 Å². The number of thiocarbonyl (C=S) groups is 1. The topological polar surface area (TPSA) is 50.8 Å². The van der Waals surface area contributed by atoms with Crippen LogP contribution in [-0.2, 0) is 4.79 Å². The van der Waals surface area contributed by atoms with E-state index in [1.165, 1.54) is 16.8 Å². The van der Waals surface area contributed by atoms with Crippen LogP contribution in [0.1, 0.15) is 5.56 Å². The van der Waals surface area contributed by atoms with Crippen molar-refractivity contribution in [3.63, 3.8) is 0 Å². The molecule has 2 aromatic carbocycles. The van der Waals surface area contributed by atoms with Crippen LogP contribution < -0.4 is 14.9 Å². The van der Waals surface area contributed by atoms with Crippen molar-refractivity contribution in [2.75, 3.05) is 19.6 Å². The van der Waals surface area contributed by atoms with Gasteiger partial charge in [-0.1, -0.05) is 42.1 Å². The lowest BCUT2D eigenvalue weighted by Gasteiger charge is -2.16. The van der Waals surface area contributed by atoms with E-state index < -0.39 is 0 Å². The van der Waals surface area contributed by atoms with E-state index in [0.717, 1.165) is 11.3 Å². The Morgan fingerprint density at radius 2 is 1.84 bits per heavy atom. The van der Waals surface area contributed by atoms with Crippen molar-refractivity contribution in [2.24, 2.45) is 0 Å². The van der Waals surface area contributed by atoms with Crippen LogP contribution in [0.3, 0.4) is 0 Å². The third-order valence-electron chi connectivity index (χ3n) is 3.53. The average Bonchev–Trinajstić information content (AvgIpc) is 2.90. The molecule has 0 aromatic heterocycles. The van der Waals surface area contributed by atoms with Gasteiger partial charge in [0.25, 0.3) is 5.91 Å². The summed E-state index contributed by atoms with van der Waals surface area (Å²) in [7, 11) is 3.14. The van der Waals surface area contributed by atoms with Crippen LogP contribution in [0.25, 0.3) is 6.08 Å². The zero-order valence-electron chi connectivity index (χ0n) is 13.7. The van der Waals surface area contributed by atoms with Gasteiger partial charge in [-0.2, -0.15) is 0 Å². The molecule has 0 saturated carbocycles. The molecule has 1 fully saturated rings. The maximum atomic E-state index is 12.7. The fraction of sp³-hybridized carbons (Fsp3) is 0.111. The summed E-state index contributed by atoms with van der Waals surface area (Å²) in [6.07, 6.45) is 1.76. The van der Waals surface area contributed by atoms with E-state index in [9.17, 15) is 4.79 Å². The number of amides is 1. The van der Waals surface area contributed by atoms with Gasteiger partial charge in [0.15, 0.2) is 15.8 Å². The highest BCUT2D eigenvalue weighted by Crippen LogP contribution is 2.37. The molecule has 1 amide bonds. The predicted octanol–water partition coefficient (Wildman–Crippen LogP) is 3.93. The number of hydrazine groups is 1. The van der Waals surface area contributed by atoms with Crippen molar-refractivity contribution in [1.82, 2.24) is 5.01 Å². The van der Waals surface area contributed by atoms with Crippen molar-refractivity contribution < 1.29 is 14.3 Å². The Kier molecular flexibility index (Phi) is 5.25. The zero-order chi connectivity index (χ0) is 17.8. The first-order chi connectivity index (χ1) is 12.1. The molecule has 0 aliphatic carbocycles. The van der Waals surface area contributed by atoms with E-state index in [0.29, 0.717) is 20.7 Å². The minimum Gasteiger partial charge on any atom is -0.493 e. The lowest BCUT2D eigenvalue weighted by molar-refractivity contribution is -0.121. The molecule has 0 bridgehead atoms. The molecule has 1 aliphatic heterocycles. The first kappa shape index (κ1) is 17.3. The van der Waals surface area contributed by atoms with Gasteiger partial charge in [-0.25, -0.2) is 5.01 Å². The fourth-order valence-corrected chi connectivity index (χ4v) is 3.54. The molecular formula is C18H16N2O3S2. The Morgan fingerprint density at radius 3 is 2.52 bits per heavy atom. The first-order valence-electron chi connectivity index (χ1n) is 7.44. The predicted molar refractivity (Wildman–Crippen MR) is 105 cm³/mol. The molecule has 25 heavy (non-hydrogen) atoms.